The van der Waals surface area contributed by atoms with Crippen molar-refractivity contribution < 1.29 is 9.22 Å². The number of phenolic OH excluding ortho intramolecular Hbond substituents is 1. The number of aromatic hydroxyl groups is 1. The Morgan fingerprint density at radius 1 is 1.53 bits per heavy atom. The second-order valence-electron chi connectivity index (χ2n) is 3.69. The molecule has 0 saturated heterocycles. The summed E-state index contributed by atoms with van der Waals surface area (Å²) in [5, 5.41) is 10.6. The first-order valence-corrected chi connectivity index (χ1v) is 4.89. The summed E-state index contributed by atoms with van der Waals surface area (Å²) in [6, 6.07) is 5.28. The van der Waals surface area contributed by atoms with Crippen molar-refractivity contribution in [3.8, 4) is 5.75 Å². The largest absolute Gasteiger partial charge is 0.507 e. The van der Waals surface area contributed by atoms with E-state index in [2.05, 4.69) is 4.98 Å². The van der Waals surface area contributed by atoms with Gasteiger partial charge in [0.05, 0.1) is 0 Å². The smallest absolute Gasteiger partial charge is 0.125 e. The Kier molecular flexibility index (Phi) is 1.82. The molecule has 1 heterocycles. The Morgan fingerprint density at radius 3 is 3.20 bits per heavy atom. The molecule has 1 aromatic heterocycles. The molecule has 0 radical (unpaired) electrons. The number of nitrogens with one attached hydrogen (secondary N) is 1. The van der Waals surface area contributed by atoms with Gasteiger partial charge in [-0.15, -0.1) is 0 Å². The third-order valence-corrected chi connectivity index (χ3v) is 2.48. The summed E-state index contributed by atoms with van der Waals surface area (Å²) >= 11 is 0. The highest BCUT2D eigenvalue weighted by Gasteiger charge is 2.07. The van der Waals surface area contributed by atoms with Gasteiger partial charge >= 0.3 is 0 Å². The molecule has 0 bridgehead atoms. The van der Waals surface area contributed by atoms with Crippen molar-refractivity contribution >= 4 is 10.9 Å². The fourth-order valence-corrected chi connectivity index (χ4v) is 1.72. The van der Waals surface area contributed by atoms with Gasteiger partial charge in [0.1, 0.15) is 5.75 Å². The minimum Gasteiger partial charge on any atom is -0.507 e. The molecule has 2 N–H and O–H groups in total. The lowest BCUT2D eigenvalue weighted by Gasteiger charge is -2.08. The van der Waals surface area contributed by atoms with E-state index in [0.717, 1.165) is 16.5 Å². The van der Waals surface area contributed by atoms with Gasteiger partial charge in [-0.05, 0) is 38.1 Å². The quantitative estimate of drug-likeness (QED) is 0.807. The van der Waals surface area contributed by atoms with E-state index in [4.69, 9.17) is 4.11 Å². The van der Waals surface area contributed by atoms with Gasteiger partial charge in [-0.1, -0.05) is 6.07 Å². The number of H-pyrrole nitrogens is 1. The lowest BCUT2D eigenvalue weighted by molar-refractivity contribution is 0.414. The summed E-state index contributed by atoms with van der Waals surface area (Å²) in [7, 11) is 1.57. The molecule has 1 aromatic carbocycles. The number of rotatable bonds is 3. The molecule has 0 amide bonds. The minimum absolute atomic E-state index is 0.222. The van der Waals surface area contributed by atoms with Gasteiger partial charge < -0.3 is 15.0 Å². The number of hydrogen-bond acceptors (Lipinski definition) is 2. The van der Waals surface area contributed by atoms with E-state index in [1.54, 1.807) is 19.2 Å². The van der Waals surface area contributed by atoms with Crippen LogP contribution in [0.2, 0.25) is 0 Å². The highest BCUT2D eigenvalue weighted by Crippen LogP contribution is 2.27. The average molecular weight is 207 g/mol. The van der Waals surface area contributed by atoms with E-state index >= 15 is 0 Å². The molecule has 0 atom stereocenters. The van der Waals surface area contributed by atoms with Crippen LogP contribution in [0.25, 0.3) is 10.9 Å². The molecule has 2 rings (SSSR count). The van der Waals surface area contributed by atoms with Crippen molar-refractivity contribution in [2.75, 3.05) is 20.6 Å². The van der Waals surface area contributed by atoms with E-state index in [-0.39, 0.29) is 5.75 Å². The van der Waals surface area contributed by atoms with E-state index < -0.39 is 6.98 Å². The third kappa shape index (κ3) is 1.97. The third-order valence-electron chi connectivity index (χ3n) is 2.48. The fraction of sp³-hybridized carbons (Fsp3) is 0.333. The second kappa shape index (κ2) is 3.95. The van der Waals surface area contributed by atoms with Crippen LogP contribution in [0.1, 0.15) is 9.68 Å². The molecule has 0 unspecified atom stereocenters. The maximum atomic E-state index is 9.82. The maximum Gasteiger partial charge on any atom is 0.125 e. The van der Waals surface area contributed by atoms with Crippen molar-refractivity contribution in [2.24, 2.45) is 0 Å². The van der Waals surface area contributed by atoms with E-state index in [0.29, 0.717) is 13.0 Å². The average Bonchev–Trinajstić information content (AvgIpc) is 2.69. The Labute approximate surface area is 93.6 Å². The SMILES string of the molecule is [2H]C([2H])([2H])N(C)CCc1c[nH]c2cccc(O)c12. The molecule has 0 aliphatic carbocycles. The first-order valence-electron chi connectivity index (χ1n) is 6.39. The zero-order valence-corrected chi connectivity index (χ0v) is 8.62. The van der Waals surface area contributed by atoms with Crippen molar-refractivity contribution in [1.29, 1.82) is 0 Å². The van der Waals surface area contributed by atoms with E-state index in [1.807, 2.05) is 12.3 Å². The van der Waals surface area contributed by atoms with Gasteiger partial charge in [0.15, 0.2) is 0 Å². The van der Waals surface area contributed by atoms with E-state index in [1.165, 1.54) is 4.90 Å². The number of benzene rings is 1. The minimum atomic E-state index is -2.08. The lowest BCUT2D eigenvalue weighted by atomic mass is 10.1. The summed E-state index contributed by atoms with van der Waals surface area (Å²) < 4.78 is 21.8. The van der Waals surface area contributed by atoms with E-state index in [9.17, 15) is 5.11 Å². The number of likely N-dealkylation sites (N-methyl/N-ethyl adjacent to an activating group) is 1. The lowest BCUT2D eigenvalue weighted by Crippen LogP contribution is -2.14. The van der Waals surface area contributed by atoms with Gasteiger partial charge in [0.25, 0.3) is 0 Å². The molecule has 0 saturated carbocycles. The summed E-state index contributed by atoms with van der Waals surface area (Å²) in [5.41, 5.74) is 1.79. The van der Waals surface area contributed by atoms with Gasteiger partial charge in [-0.2, -0.15) is 0 Å². The molecule has 2 aromatic rings. The van der Waals surface area contributed by atoms with Crippen LogP contribution in [0.3, 0.4) is 0 Å². The van der Waals surface area contributed by atoms with Crippen LogP contribution in [0.4, 0.5) is 0 Å². The molecule has 0 fully saturated rings. The van der Waals surface area contributed by atoms with Crippen LogP contribution < -0.4 is 0 Å². The van der Waals surface area contributed by atoms with Crippen LogP contribution in [0.15, 0.2) is 24.4 Å². The van der Waals surface area contributed by atoms with Crippen LogP contribution >= 0.6 is 0 Å². The Hall–Kier alpha value is -1.48. The van der Waals surface area contributed by atoms with Crippen LogP contribution in [0.5, 0.6) is 5.75 Å². The molecule has 0 aliphatic heterocycles. The standard InChI is InChI=1S/C12H16N2O/c1-14(2)7-6-9-8-13-10-4-3-5-11(15)12(9)10/h3-5,8,13,15H,6-7H2,1-2H3/i1D3. The Morgan fingerprint density at radius 2 is 2.40 bits per heavy atom. The van der Waals surface area contributed by atoms with Crippen LogP contribution in [-0.4, -0.2) is 35.6 Å². The molecule has 0 spiro atoms. The number of aromatic nitrogens is 1. The van der Waals surface area contributed by atoms with Crippen molar-refractivity contribution in [2.45, 2.75) is 6.42 Å². The monoisotopic (exact) mass is 207 g/mol. The van der Waals surface area contributed by atoms with Gasteiger partial charge in [-0.3, -0.25) is 0 Å². The first kappa shape index (κ1) is 6.90. The summed E-state index contributed by atoms with van der Waals surface area (Å²) in [6.45, 7) is -1.66. The zero-order chi connectivity index (χ0) is 13.3. The van der Waals surface area contributed by atoms with Gasteiger partial charge in [0, 0.05) is 27.8 Å². The Bertz CT molecular complexity index is 548. The molecule has 0 aliphatic rings. The molecule has 3 nitrogen and oxygen atoms in total. The normalized spacial score (nSPS) is 15.2. The van der Waals surface area contributed by atoms with Gasteiger partial charge in [0.2, 0.25) is 0 Å². The Balaban J connectivity index is 2.18. The van der Waals surface area contributed by atoms with Crippen LogP contribution in [-0.2, 0) is 6.42 Å². The van der Waals surface area contributed by atoms with Crippen molar-refractivity contribution in [3.05, 3.63) is 30.0 Å². The number of aromatic amines is 1. The number of phenols is 1. The fourth-order valence-electron chi connectivity index (χ4n) is 1.72. The summed E-state index contributed by atoms with van der Waals surface area (Å²) in [5.74, 6) is 0.222. The predicted molar refractivity (Wildman–Crippen MR) is 62.2 cm³/mol. The van der Waals surface area contributed by atoms with Gasteiger partial charge in [-0.25, -0.2) is 0 Å². The first-order chi connectivity index (χ1) is 8.39. The zero-order valence-electron chi connectivity index (χ0n) is 11.6. The predicted octanol–water partition coefficient (Wildman–Crippen LogP) is 1.98. The highest BCUT2D eigenvalue weighted by atomic mass is 16.3. The summed E-state index contributed by atoms with van der Waals surface area (Å²) in [4.78, 5) is 4.40. The highest BCUT2D eigenvalue weighted by molar-refractivity contribution is 5.88. The van der Waals surface area contributed by atoms with Crippen molar-refractivity contribution in [3.63, 3.8) is 0 Å². The maximum absolute atomic E-state index is 9.82. The summed E-state index contributed by atoms with van der Waals surface area (Å²) in [6.07, 6.45) is 2.39. The molecule has 80 valence electrons. The number of nitrogens with zero attached hydrogens (tertiary/aromatic N) is 1. The van der Waals surface area contributed by atoms with Crippen molar-refractivity contribution in [1.82, 2.24) is 9.88 Å². The topological polar surface area (TPSA) is 39.3 Å². The second-order valence-corrected chi connectivity index (χ2v) is 3.69. The number of hydrogen-bond donors (Lipinski definition) is 2. The van der Waals surface area contributed by atoms with Crippen LogP contribution in [0, 0.1) is 0 Å². The molecule has 15 heavy (non-hydrogen) atoms. The number of fused-ring (bicyclic) bond motifs is 1. The molecular formula is C12H16N2O. The molecule has 3 heteroatoms. The molecular weight excluding hydrogens is 188 g/mol.